The Bertz CT molecular complexity index is 494. The van der Waals surface area contributed by atoms with Crippen molar-refractivity contribution in [1.82, 2.24) is 5.32 Å². The van der Waals surface area contributed by atoms with Gasteiger partial charge in [-0.05, 0) is 34.5 Å². The highest BCUT2D eigenvalue weighted by molar-refractivity contribution is 9.11. The molecule has 0 aromatic carbocycles. The first-order chi connectivity index (χ1) is 8.85. The molecule has 2 N–H and O–H groups in total. The predicted octanol–water partition coefficient (Wildman–Crippen LogP) is 1.57. The lowest BCUT2D eigenvalue weighted by Crippen LogP contribution is -2.42. The van der Waals surface area contributed by atoms with Crippen molar-refractivity contribution in [3.8, 4) is 0 Å². The molecule has 1 rings (SSSR count). The summed E-state index contributed by atoms with van der Waals surface area (Å²) in [6, 6.07) is 0.336. The second-order valence-electron chi connectivity index (χ2n) is 3.71. The van der Waals surface area contributed by atoms with Gasteiger partial charge in [0.15, 0.2) is 0 Å². The number of ether oxygens (including phenoxy) is 1. The summed E-state index contributed by atoms with van der Waals surface area (Å²) in [6.07, 6.45) is -0.414. The number of methoxy groups -OCH3 is 1. The van der Waals surface area contributed by atoms with Crippen molar-refractivity contribution in [2.24, 2.45) is 0 Å². The fourth-order valence-corrected chi connectivity index (χ4v) is 2.69. The summed E-state index contributed by atoms with van der Waals surface area (Å²) in [4.78, 5) is 34.3. The number of rotatable bonds is 5. The Morgan fingerprint density at radius 2 is 2.16 bits per heavy atom. The van der Waals surface area contributed by atoms with Gasteiger partial charge in [0.05, 0.1) is 22.2 Å². The van der Waals surface area contributed by atoms with E-state index < -0.39 is 30.3 Å². The minimum atomic E-state index is -1.30. The standard InChI is InChI=1S/C11H12BrNO5S/c1-5-3-7(19-9(5)12)10(15)13-6(11(16)17)4-8(14)18-2/h3,6H,4H2,1-2H3,(H,13,15)(H,16,17)/t6-/m0/s1. The molecule has 0 aliphatic heterocycles. The molecule has 0 bridgehead atoms. The van der Waals surface area contributed by atoms with Crippen LogP contribution in [0, 0.1) is 6.92 Å². The third kappa shape index (κ3) is 4.32. The van der Waals surface area contributed by atoms with Crippen LogP contribution in [0.25, 0.3) is 0 Å². The van der Waals surface area contributed by atoms with E-state index in [0.717, 1.165) is 16.5 Å². The summed E-state index contributed by atoms with van der Waals surface area (Å²) in [7, 11) is 1.16. The van der Waals surface area contributed by atoms with Crippen molar-refractivity contribution >= 4 is 45.1 Å². The van der Waals surface area contributed by atoms with Gasteiger partial charge in [0.2, 0.25) is 0 Å². The van der Waals surface area contributed by atoms with Gasteiger partial charge in [-0.1, -0.05) is 0 Å². The fourth-order valence-electron chi connectivity index (χ4n) is 1.25. The lowest BCUT2D eigenvalue weighted by Gasteiger charge is -2.12. The number of hydrogen-bond donors (Lipinski definition) is 2. The lowest BCUT2D eigenvalue weighted by molar-refractivity contribution is -0.147. The number of aryl methyl sites for hydroxylation is 1. The van der Waals surface area contributed by atoms with Crippen LogP contribution in [0.4, 0.5) is 0 Å². The van der Waals surface area contributed by atoms with Crippen LogP contribution in [-0.4, -0.2) is 36.1 Å². The third-order valence-electron chi connectivity index (χ3n) is 2.28. The van der Waals surface area contributed by atoms with Crippen LogP contribution in [0.3, 0.4) is 0 Å². The first kappa shape index (κ1) is 15.6. The number of thiophene rings is 1. The number of carboxylic acids is 1. The zero-order valence-corrected chi connectivity index (χ0v) is 12.6. The first-order valence-corrected chi connectivity index (χ1v) is 6.82. The minimum Gasteiger partial charge on any atom is -0.480 e. The SMILES string of the molecule is COC(=O)C[C@H](NC(=O)c1cc(C)c(Br)s1)C(=O)O. The fraction of sp³-hybridized carbons (Fsp3) is 0.364. The average molecular weight is 350 g/mol. The Hall–Kier alpha value is -1.41. The lowest BCUT2D eigenvalue weighted by atomic mass is 10.2. The molecule has 0 saturated heterocycles. The molecule has 0 fully saturated rings. The number of nitrogens with one attached hydrogen (secondary N) is 1. The quantitative estimate of drug-likeness (QED) is 0.787. The first-order valence-electron chi connectivity index (χ1n) is 5.21. The summed E-state index contributed by atoms with van der Waals surface area (Å²) < 4.78 is 5.19. The Balaban J connectivity index is 2.76. The van der Waals surface area contributed by atoms with Gasteiger partial charge in [-0.2, -0.15) is 0 Å². The van der Waals surface area contributed by atoms with E-state index in [-0.39, 0.29) is 0 Å². The van der Waals surface area contributed by atoms with Gasteiger partial charge in [-0.3, -0.25) is 9.59 Å². The van der Waals surface area contributed by atoms with Gasteiger partial charge in [0.1, 0.15) is 6.04 Å². The monoisotopic (exact) mass is 349 g/mol. The number of hydrogen-bond acceptors (Lipinski definition) is 5. The van der Waals surface area contributed by atoms with Crippen LogP contribution in [0.15, 0.2) is 9.85 Å². The topological polar surface area (TPSA) is 92.7 Å². The van der Waals surface area contributed by atoms with Gasteiger partial charge in [-0.25, -0.2) is 4.79 Å². The maximum Gasteiger partial charge on any atom is 0.326 e. The molecule has 6 nitrogen and oxygen atoms in total. The Morgan fingerprint density at radius 1 is 1.53 bits per heavy atom. The average Bonchev–Trinajstić information content (AvgIpc) is 2.68. The zero-order chi connectivity index (χ0) is 14.6. The second kappa shape index (κ2) is 6.67. The second-order valence-corrected chi connectivity index (χ2v) is 6.08. The molecular formula is C11H12BrNO5S. The molecule has 1 amide bonds. The molecule has 1 aromatic heterocycles. The summed E-state index contributed by atoms with van der Waals surface area (Å²) >= 11 is 4.48. The number of halogens is 1. The van der Waals surface area contributed by atoms with Crippen LogP contribution in [-0.2, 0) is 14.3 Å². The van der Waals surface area contributed by atoms with E-state index in [2.05, 4.69) is 26.0 Å². The van der Waals surface area contributed by atoms with E-state index >= 15 is 0 Å². The molecule has 0 spiro atoms. The molecule has 1 atom stereocenters. The molecule has 1 aromatic rings. The molecule has 104 valence electrons. The van der Waals surface area contributed by atoms with Crippen molar-refractivity contribution in [2.75, 3.05) is 7.11 Å². The van der Waals surface area contributed by atoms with E-state index in [4.69, 9.17) is 5.11 Å². The number of amides is 1. The van der Waals surface area contributed by atoms with E-state index in [9.17, 15) is 14.4 Å². The molecule has 0 saturated carbocycles. The Morgan fingerprint density at radius 3 is 2.58 bits per heavy atom. The zero-order valence-electron chi connectivity index (χ0n) is 10.2. The van der Waals surface area contributed by atoms with Crippen LogP contribution < -0.4 is 5.32 Å². The van der Waals surface area contributed by atoms with Crippen molar-refractivity contribution in [3.05, 3.63) is 20.3 Å². The highest BCUT2D eigenvalue weighted by Crippen LogP contribution is 2.27. The van der Waals surface area contributed by atoms with Crippen molar-refractivity contribution in [1.29, 1.82) is 0 Å². The smallest absolute Gasteiger partial charge is 0.326 e. The van der Waals surface area contributed by atoms with Gasteiger partial charge in [0.25, 0.3) is 5.91 Å². The maximum absolute atomic E-state index is 11.9. The predicted molar refractivity (Wildman–Crippen MR) is 72.3 cm³/mol. The highest BCUT2D eigenvalue weighted by Gasteiger charge is 2.25. The van der Waals surface area contributed by atoms with E-state index in [1.54, 1.807) is 6.07 Å². The third-order valence-corrected chi connectivity index (χ3v) is 4.42. The molecule has 19 heavy (non-hydrogen) atoms. The summed E-state index contributed by atoms with van der Waals surface area (Å²) in [6.45, 7) is 1.82. The van der Waals surface area contributed by atoms with Crippen molar-refractivity contribution in [2.45, 2.75) is 19.4 Å². The summed E-state index contributed by atoms with van der Waals surface area (Å²) in [5, 5.41) is 11.2. The van der Waals surface area contributed by atoms with Gasteiger partial charge >= 0.3 is 11.9 Å². The van der Waals surface area contributed by atoms with Crippen LogP contribution in [0.2, 0.25) is 0 Å². The Kier molecular flexibility index (Phi) is 5.49. The number of esters is 1. The van der Waals surface area contributed by atoms with Gasteiger partial charge in [-0.15, -0.1) is 11.3 Å². The van der Waals surface area contributed by atoms with E-state index in [0.29, 0.717) is 4.88 Å². The number of carbonyl (C=O) groups excluding carboxylic acids is 2. The highest BCUT2D eigenvalue weighted by atomic mass is 79.9. The number of carboxylic acid groups (broad SMARTS) is 1. The van der Waals surface area contributed by atoms with Crippen LogP contribution >= 0.6 is 27.3 Å². The van der Waals surface area contributed by atoms with Crippen molar-refractivity contribution in [3.63, 3.8) is 0 Å². The van der Waals surface area contributed by atoms with Crippen molar-refractivity contribution < 1.29 is 24.2 Å². The molecule has 0 radical (unpaired) electrons. The van der Waals surface area contributed by atoms with Gasteiger partial charge < -0.3 is 15.2 Å². The molecule has 0 aliphatic rings. The molecule has 0 aliphatic carbocycles. The Labute approximate surface area is 121 Å². The summed E-state index contributed by atoms with van der Waals surface area (Å²) in [5.74, 6) is -2.52. The van der Waals surface area contributed by atoms with Crippen LogP contribution in [0.5, 0.6) is 0 Å². The van der Waals surface area contributed by atoms with E-state index in [1.807, 2.05) is 6.92 Å². The number of aliphatic carboxylic acids is 1. The molecule has 1 heterocycles. The molecular weight excluding hydrogens is 338 g/mol. The largest absolute Gasteiger partial charge is 0.480 e. The number of carbonyl (C=O) groups is 3. The van der Waals surface area contributed by atoms with Crippen LogP contribution in [0.1, 0.15) is 21.7 Å². The van der Waals surface area contributed by atoms with Gasteiger partial charge in [0, 0.05) is 0 Å². The molecule has 0 unspecified atom stereocenters. The molecule has 8 heteroatoms. The summed E-state index contributed by atoms with van der Waals surface area (Å²) in [5.41, 5.74) is 0.884. The maximum atomic E-state index is 11.9. The minimum absolute atomic E-state index is 0.375. The van der Waals surface area contributed by atoms with E-state index in [1.165, 1.54) is 11.3 Å². The normalized spacial score (nSPS) is 11.7.